The van der Waals surface area contributed by atoms with Crippen LogP contribution in [-0.2, 0) is 0 Å². The zero-order chi connectivity index (χ0) is 3.58. The van der Waals surface area contributed by atoms with Gasteiger partial charge in [-0.25, -0.2) is 0 Å². The Morgan fingerprint density at radius 2 is 1.50 bits per heavy atom. The lowest BCUT2D eigenvalue weighted by Gasteiger charge is -1.78. The van der Waals surface area contributed by atoms with Crippen LogP contribution >= 0.6 is 9.24 Å². The fourth-order valence-electron chi connectivity index (χ4n) is 0. The lowest BCUT2D eigenvalue weighted by molar-refractivity contribution is 1.12. The Hall–Kier alpha value is 0.430. The molecule has 0 saturated heterocycles. The van der Waals surface area contributed by atoms with E-state index in [2.05, 4.69) is 23.1 Å². The van der Waals surface area contributed by atoms with E-state index in [-0.39, 0.29) is 0 Å². The molecular formula is C3H8P. The molecule has 0 heterocycles. The van der Waals surface area contributed by atoms with Crippen molar-refractivity contribution in [3.8, 4) is 0 Å². The summed E-state index contributed by atoms with van der Waals surface area (Å²) in [6.45, 7) is 4.16. The zero-order valence-corrected chi connectivity index (χ0v) is 4.08. The molecule has 0 N–H and O–H groups in total. The highest BCUT2D eigenvalue weighted by Crippen LogP contribution is 1.90. The summed E-state index contributed by atoms with van der Waals surface area (Å²) in [6.07, 6.45) is 0. The monoisotopic (exact) mass is 75.0 g/mol. The minimum atomic E-state index is 0.639. The SMILES string of the molecule is CC(C)[PH]. The van der Waals surface area contributed by atoms with Gasteiger partial charge in [-0.3, -0.25) is 0 Å². The Balaban J connectivity index is 2.32. The van der Waals surface area contributed by atoms with Gasteiger partial charge in [-0.05, 0) is 5.66 Å². The highest BCUT2D eigenvalue weighted by atomic mass is 31.0. The predicted octanol–water partition coefficient (Wildman–Crippen LogP) is 1.54. The smallest absolute Gasteiger partial charge is 0.0257 e. The van der Waals surface area contributed by atoms with E-state index >= 15 is 0 Å². The van der Waals surface area contributed by atoms with Crippen LogP contribution in [0.15, 0.2) is 0 Å². The zero-order valence-electron chi connectivity index (χ0n) is 3.08. The van der Waals surface area contributed by atoms with E-state index < -0.39 is 0 Å². The van der Waals surface area contributed by atoms with Gasteiger partial charge in [0.05, 0.1) is 0 Å². The molecule has 0 amide bonds. The van der Waals surface area contributed by atoms with Crippen molar-refractivity contribution in [1.82, 2.24) is 0 Å². The molecule has 0 bridgehead atoms. The molecule has 4 heavy (non-hydrogen) atoms. The van der Waals surface area contributed by atoms with E-state index in [9.17, 15) is 0 Å². The van der Waals surface area contributed by atoms with E-state index in [1.165, 1.54) is 0 Å². The quantitative estimate of drug-likeness (QED) is 0.383. The van der Waals surface area contributed by atoms with Gasteiger partial charge in [0, 0.05) is 0 Å². The van der Waals surface area contributed by atoms with Crippen molar-refractivity contribution in [2.45, 2.75) is 19.5 Å². The summed E-state index contributed by atoms with van der Waals surface area (Å²) in [7, 11) is 3.31. The first-order valence-electron chi connectivity index (χ1n) is 1.44. The van der Waals surface area contributed by atoms with Crippen LogP contribution in [0.5, 0.6) is 0 Å². The fraction of sp³-hybridized carbons (Fsp3) is 1.00. The maximum Gasteiger partial charge on any atom is -0.0257 e. The Morgan fingerprint density at radius 1 is 1.50 bits per heavy atom. The molecule has 0 saturated carbocycles. The van der Waals surface area contributed by atoms with Crippen molar-refractivity contribution in [1.29, 1.82) is 0 Å². The maximum absolute atomic E-state index is 3.31. The van der Waals surface area contributed by atoms with Crippen molar-refractivity contribution in [2.75, 3.05) is 0 Å². The van der Waals surface area contributed by atoms with E-state index in [1.54, 1.807) is 0 Å². The largest absolute Gasteiger partial charge is 0.0964 e. The second kappa shape index (κ2) is 1.72. The average molecular weight is 75.1 g/mol. The maximum atomic E-state index is 3.31. The molecular weight excluding hydrogens is 67.0 g/mol. The van der Waals surface area contributed by atoms with Crippen LogP contribution in [0.3, 0.4) is 0 Å². The second-order valence-corrected chi connectivity index (χ2v) is 2.31. The van der Waals surface area contributed by atoms with Crippen LogP contribution in [0.4, 0.5) is 0 Å². The molecule has 0 aromatic rings. The molecule has 0 aliphatic heterocycles. The molecule has 0 nitrogen and oxygen atoms in total. The first-order valence-corrected chi connectivity index (χ1v) is 2.02. The lowest BCUT2D eigenvalue weighted by Crippen LogP contribution is -1.69. The predicted molar refractivity (Wildman–Crippen MR) is 23.5 cm³/mol. The third-order valence-corrected chi connectivity index (χ3v) is 0. The molecule has 0 aromatic heterocycles. The van der Waals surface area contributed by atoms with Gasteiger partial charge in [0.1, 0.15) is 0 Å². The third-order valence-electron chi connectivity index (χ3n) is 0. The van der Waals surface area contributed by atoms with Crippen molar-refractivity contribution < 1.29 is 0 Å². The van der Waals surface area contributed by atoms with Crippen LogP contribution in [0.1, 0.15) is 13.8 Å². The molecule has 1 radical (unpaired) electrons. The Morgan fingerprint density at radius 3 is 1.50 bits per heavy atom. The molecule has 0 unspecified atom stereocenters. The molecule has 0 aromatic carbocycles. The normalized spacial score (nSPS) is 9.00. The summed E-state index contributed by atoms with van der Waals surface area (Å²) in [6, 6.07) is 0. The lowest BCUT2D eigenvalue weighted by atomic mass is 10.6. The Bertz CT molecular complexity index is 8.00. The fourth-order valence-corrected chi connectivity index (χ4v) is 0. The topological polar surface area (TPSA) is 0 Å². The standard InChI is InChI=1S/C3H8P/c1-3(2)4/h3-4H,1-2H3. The number of rotatable bonds is 0. The summed E-state index contributed by atoms with van der Waals surface area (Å²) < 4.78 is 0. The van der Waals surface area contributed by atoms with Crippen molar-refractivity contribution in [3.63, 3.8) is 0 Å². The second-order valence-electron chi connectivity index (χ2n) is 1.15. The molecule has 0 aliphatic rings. The van der Waals surface area contributed by atoms with Crippen molar-refractivity contribution in [3.05, 3.63) is 0 Å². The Labute approximate surface area is 29.8 Å². The summed E-state index contributed by atoms with van der Waals surface area (Å²) in [5, 5.41) is 0. The highest BCUT2D eigenvalue weighted by molar-refractivity contribution is 7.17. The van der Waals surface area contributed by atoms with Crippen molar-refractivity contribution >= 4 is 9.24 Å². The van der Waals surface area contributed by atoms with E-state index in [0.29, 0.717) is 5.66 Å². The summed E-state index contributed by atoms with van der Waals surface area (Å²) in [4.78, 5) is 0. The first-order chi connectivity index (χ1) is 1.73. The molecule has 25 valence electrons. The van der Waals surface area contributed by atoms with Gasteiger partial charge >= 0.3 is 0 Å². The summed E-state index contributed by atoms with van der Waals surface area (Å²) in [5.41, 5.74) is 0.639. The first kappa shape index (κ1) is 4.43. The Kier molecular flexibility index (Phi) is 1.91. The van der Waals surface area contributed by atoms with Crippen molar-refractivity contribution in [2.24, 2.45) is 0 Å². The molecule has 1 heteroatoms. The van der Waals surface area contributed by atoms with Crippen LogP contribution < -0.4 is 0 Å². The van der Waals surface area contributed by atoms with E-state index in [0.717, 1.165) is 0 Å². The number of hydrogen-bond donors (Lipinski definition) is 0. The van der Waals surface area contributed by atoms with Crippen LogP contribution in [0.2, 0.25) is 0 Å². The van der Waals surface area contributed by atoms with Gasteiger partial charge in [-0.15, -0.1) is 0 Å². The molecule has 0 aliphatic carbocycles. The molecule has 0 atom stereocenters. The molecule has 0 rings (SSSR count). The molecule has 0 spiro atoms. The van der Waals surface area contributed by atoms with E-state index in [4.69, 9.17) is 0 Å². The third kappa shape index (κ3) is 26.9. The van der Waals surface area contributed by atoms with Gasteiger partial charge < -0.3 is 0 Å². The highest BCUT2D eigenvalue weighted by Gasteiger charge is 1.68. The van der Waals surface area contributed by atoms with Crippen LogP contribution in [-0.4, -0.2) is 5.66 Å². The molecule has 0 fully saturated rings. The van der Waals surface area contributed by atoms with Gasteiger partial charge in [0.25, 0.3) is 0 Å². The summed E-state index contributed by atoms with van der Waals surface area (Å²) >= 11 is 0. The van der Waals surface area contributed by atoms with Gasteiger partial charge in [0.15, 0.2) is 0 Å². The van der Waals surface area contributed by atoms with Gasteiger partial charge in [-0.2, -0.15) is 0 Å². The van der Waals surface area contributed by atoms with E-state index in [1.807, 2.05) is 0 Å². The minimum Gasteiger partial charge on any atom is -0.0964 e. The van der Waals surface area contributed by atoms with Gasteiger partial charge in [-0.1, -0.05) is 23.1 Å². The van der Waals surface area contributed by atoms with Crippen LogP contribution in [0, 0.1) is 0 Å². The van der Waals surface area contributed by atoms with Gasteiger partial charge in [0.2, 0.25) is 0 Å². The van der Waals surface area contributed by atoms with Crippen LogP contribution in [0.25, 0.3) is 0 Å². The average Bonchev–Trinajstić information content (AvgIpc) is 0.811. The number of hydrogen-bond acceptors (Lipinski definition) is 0. The summed E-state index contributed by atoms with van der Waals surface area (Å²) in [5.74, 6) is 0. The minimum absolute atomic E-state index is 0.639.